The van der Waals surface area contributed by atoms with E-state index < -0.39 is 11.9 Å². The van der Waals surface area contributed by atoms with E-state index in [1.165, 1.54) is 5.57 Å². The molecule has 0 bridgehead atoms. The largest absolute Gasteiger partial charge is 0.478 e. The molecule has 2 heterocycles. The number of aliphatic carboxylic acids is 2. The molecule has 9 nitrogen and oxygen atoms in total. The minimum atomic E-state index is -1.26. The number of fused-ring (bicyclic) bond motifs is 1. The van der Waals surface area contributed by atoms with Crippen molar-refractivity contribution in [3.05, 3.63) is 58.3 Å². The molecule has 1 aliphatic rings. The highest BCUT2D eigenvalue weighted by molar-refractivity contribution is 5.94. The Hall–Kier alpha value is -3.46. The van der Waals surface area contributed by atoms with Gasteiger partial charge in [-0.15, -0.1) is 0 Å². The molecule has 0 radical (unpaired) electrons. The molecule has 1 aliphatic heterocycles. The molecule has 3 N–H and O–H groups in total. The number of nitrogens with zero attached hydrogens (tertiary/aromatic N) is 2. The van der Waals surface area contributed by atoms with Crippen LogP contribution in [0.15, 0.2) is 42.6 Å². The smallest absolute Gasteiger partial charge is 0.328 e. The molecule has 0 atom stereocenters. The maximum atomic E-state index is 10.9. The molecule has 29 heavy (non-hydrogen) atoms. The molecule has 0 saturated carbocycles. The number of non-ortho nitro benzene ring substituents is 1. The maximum Gasteiger partial charge on any atom is 0.328 e. The highest BCUT2D eigenvalue weighted by Crippen LogP contribution is 2.31. The van der Waals surface area contributed by atoms with Gasteiger partial charge in [-0.2, -0.15) is 0 Å². The fourth-order valence-corrected chi connectivity index (χ4v) is 3.03. The SMILES string of the molecule is CC(C)N1CC=C(c2c[nH]c3ccc([N+](=O)[O-])cc23)CC1.O=C(O)C=CC(=O)O. The van der Waals surface area contributed by atoms with Crippen LogP contribution in [0, 0.1) is 10.1 Å². The van der Waals surface area contributed by atoms with Crippen LogP contribution in [0.1, 0.15) is 25.8 Å². The van der Waals surface area contributed by atoms with Gasteiger partial charge in [0.15, 0.2) is 0 Å². The number of aromatic nitrogens is 1. The second-order valence-corrected chi connectivity index (χ2v) is 6.77. The molecular weight excluding hydrogens is 378 g/mol. The lowest BCUT2D eigenvalue weighted by molar-refractivity contribution is -0.384. The lowest BCUT2D eigenvalue weighted by Crippen LogP contribution is -2.34. The van der Waals surface area contributed by atoms with Crippen molar-refractivity contribution in [3.63, 3.8) is 0 Å². The first kappa shape index (κ1) is 21.8. The van der Waals surface area contributed by atoms with Crippen molar-refractivity contribution in [1.82, 2.24) is 9.88 Å². The summed E-state index contributed by atoms with van der Waals surface area (Å²) in [5.41, 5.74) is 3.46. The van der Waals surface area contributed by atoms with Crippen LogP contribution >= 0.6 is 0 Å². The lowest BCUT2D eigenvalue weighted by atomic mass is 9.98. The summed E-state index contributed by atoms with van der Waals surface area (Å²) in [6.45, 7) is 6.38. The van der Waals surface area contributed by atoms with Gasteiger partial charge in [-0.05, 0) is 31.9 Å². The summed E-state index contributed by atoms with van der Waals surface area (Å²) in [5.74, 6) is -2.51. The topological polar surface area (TPSA) is 137 Å². The number of carboxylic acids is 2. The third-order valence-corrected chi connectivity index (χ3v) is 4.56. The van der Waals surface area contributed by atoms with Gasteiger partial charge in [-0.25, -0.2) is 9.59 Å². The summed E-state index contributed by atoms with van der Waals surface area (Å²) < 4.78 is 0. The highest BCUT2D eigenvalue weighted by Gasteiger charge is 2.18. The van der Waals surface area contributed by atoms with Gasteiger partial charge in [0.25, 0.3) is 5.69 Å². The average molecular weight is 401 g/mol. The van der Waals surface area contributed by atoms with Gasteiger partial charge in [0.1, 0.15) is 0 Å². The Labute approximate surface area is 167 Å². The Bertz CT molecular complexity index is 958. The van der Waals surface area contributed by atoms with Gasteiger partial charge < -0.3 is 15.2 Å². The molecule has 0 aliphatic carbocycles. The van der Waals surface area contributed by atoms with Crippen molar-refractivity contribution in [3.8, 4) is 0 Å². The molecule has 0 amide bonds. The van der Waals surface area contributed by atoms with Gasteiger partial charge in [0.2, 0.25) is 0 Å². The van der Waals surface area contributed by atoms with Crippen molar-refractivity contribution in [1.29, 1.82) is 0 Å². The van der Waals surface area contributed by atoms with Crippen LogP contribution in [-0.2, 0) is 9.59 Å². The lowest BCUT2D eigenvalue weighted by Gasteiger charge is -2.29. The Kier molecular flexibility index (Phi) is 7.27. The Morgan fingerprint density at radius 3 is 2.38 bits per heavy atom. The molecule has 0 saturated heterocycles. The number of nitro benzene ring substituents is 1. The van der Waals surface area contributed by atoms with Crippen molar-refractivity contribution in [2.24, 2.45) is 0 Å². The van der Waals surface area contributed by atoms with Crippen LogP contribution in [0.2, 0.25) is 0 Å². The Morgan fingerprint density at radius 1 is 1.24 bits per heavy atom. The van der Waals surface area contributed by atoms with Gasteiger partial charge in [0, 0.05) is 66.1 Å². The number of nitro groups is 1. The first-order valence-electron chi connectivity index (χ1n) is 9.02. The summed E-state index contributed by atoms with van der Waals surface area (Å²) >= 11 is 0. The number of rotatable bonds is 5. The molecule has 0 unspecified atom stereocenters. The fraction of sp³-hybridized carbons (Fsp3) is 0.300. The molecule has 0 fully saturated rings. The molecule has 3 rings (SSSR count). The van der Waals surface area contributed by atoms with Crippen molar-refractivity contribution in [2.75, 3.05) is 13.1 Å². The van der Waals surface area contributed by atoms with E-state index in [0.29, 0.717) is 18.2 Å². The minimum absolute atomic E-state index is 0.142. The molecule has 9 heteroatoms. The van der Waals surface area contributed by atoms with Crippen LogP contribution in [0.25, 0.3) is 16.5 Å². The summed E-state index contributed by atoms with van der Waals surface area (Å²) in [5, 5.41) is 27.5. The van der Waals surface area contributed by atoms with Gasteiger partial charge in [-0.1, -0.05) is 6.08 Å². The third-order valence-electron chi connectivity index (χ3n) is 4.56. The van der Waals surface area contributed by atoms with Crippen molar-refractivity contribution < 1.29 is 24.7 Å². The van der Waals surface area contributed by atoms with E-state index in [1.54, 1.807) is 18.2 Å². The average Bonchev–Trinajstić information content (AvgIpc) is 3.10. The van der Waals surface area contributed by atoms with E-state index in [9.17, 15) is 19.7 Å². The maximum absolute atomic E-state index is 10.9. The second kappa shape index (κ2) is 9.65. The zero-order valence-corrected chi connectivity index (χ0v) is 16.2. The fourth-order valence-electron chi connectivity index (χ4n) is 3.03. The summed E-state index contributed by atoms with van der Waals surface area (Å²) in [7, 11) is 0. The van der Waals surface area contributed by atoms with E-state index in [2.05, 4.69) is 29.8 Å². The summed E-state index contributed by atoms with van der Waals surface area (Å²) in [6, 6.07) is 5.53. The number of benzene rings is 1. The summed E-state index contributed by atoms with van der Waals surface area (Å²) in [4.78, 5) is 35.3. The summed E-state index contributed by atoms with van der Waals surface area (Å²) in [6.07, 6.45) is 6.30. The van der Waals surface area contributed by atoms with Crippen LogP contribution < -0.4 is 0 Å². The van der Waals surface area contributed by atoms with Gasteiger partial charge in [0.05, 0.1) is 4.92 Å². The van der Waals surface area contributed by atoms with E-state index in [-0.39, 0.29) is 10.6 Å². The number of hydrogen-bond donors (Lipinski definition) is 3. The van der Waals surface area contributed by atoms with E-state index >= 15 is 0 Å². The molecular formula is C20H23N3O6. The monoisotopic (exact) mass is 401 g/mol. The second-order valence-electron chi connectivity index (χ2n) is 6.77. The van der Waals surface area contributed by atoms with Crippen molar-refractivity contribution in [2.45, 2.75) is 26.3 Å². The number of carboxylic acid groups (broad SMARTS) is 2. The molecule has 154 valence electrons. The molecule has 1 aromatic carbocycles. The first-order chi connectivity index (χ1) is 13.7. The van der Waals surface area contributed by atoms with E-state index in [1.807, 2.05) is 6.20 Å². The normalized spacial score (nSPS) is 14.5. The molecule has 1 aromatic heterocycles. The van der Waals surface area contributed by atoms with Gasteiger partial charge >= 0.3 is 11.9 Å². The van der Waals surface area contributed by atoms with E-state index in [4.69, 9.17) is 10.2 Å². The quantitative estimate of drug-likeness (QED) is 0.397. The number of aromatic amines is 1. The predicted molar refractivity (Wildman–Crippen MR) is 109 cm³/mol. The van der Waals surface area contributed by atoms with Crippen molar-refractivity contribution >= 4 is 34.1 Å². The molecule has 2 aromatic rings. The van der Waals surface area contributed by atoms with Crippen LogP contribution in [0.5, 0.6) is 0 Å². The standard InChI is InChI=1S/C16H19N3O2.C4H4O4/c1-11(2)18-7-5-12(6-8-18)15-10-17-16-4-3-13(19(20)21)9-14(15)16;5-3(6)1-2-4(7)8/h3-5,9-11,17H,6-8H2,1-2H3;1-2H,(H,5,6)(H,7,8). The van der Waals surface area contributed by atoms with Crippen LogP contribution in [-0.4, -0.2) is 56.1 Å². The number of nitrogens with one attached hydrogen (secondary N) is 1. The number of H-pyrrole nitrogens is 1. The molecule has 0 spiro atoms. The van der Waals surface area contributed by atoms with Crippen LogP contribution in [0.4, 0.5) is 5.69 Å². The minimum Gasteiger partial charge on any atom is -0.478 e. The third kappa shape index (κ3) is 6.01. The zero-order chi connectivity index (χ0) is 21.6. The Morgan fingerprint density at radius 2 is 1.90 bits per heavy atom. The van der Waals surface area contributed by atoms with E-state index in [0.717, 1.165) is 36.0 Å². The van der Waals surface area contributed by atoms with Crippen LogP contribution in [0.3, 0.4) is 0 Å². The first-order valence-corrected chi connectivity index (χ1v) is 9.02. The Balaban J connectivity index is 0.000000321. The number of hydrogen-bond acceptors (Lipinski definition) is 5. The highest BCUT2D eigenvalue weighted by atomic mass is 16.6. The predicted octanol–water partition coefficient (Wildman–Crippen LogP) is 3.29. The van der Waals surface area contributed by atoms with Gasteiger partial charge in [-0.3, -0.25) is 15.0 Å². The zero-order valence-electron chi connectivity index (χ0n) is 16.2. The number of carbonyl (C=O) groups is 2.